The van der Waals surface area contributed by atoms with Gasteiger partial charge in [-0.25, -0.2) is 0 Å². The Balaban J connectivity index is 1.86. The van der Waals surface area contributed by atoms with E-state index < -0.39 is 17.9 Å². The highest BCUT2D eigenvalue weighted by atomic mass is 16.3. The Kier molecular flexibility index (Phi) is 5.88. The van der Waals surface area contributed by atoms with Crippen molar-refractivity contribution in [3.8, 4) is 0 Å². The summed E-state index contributed by atoms with van der Waals surface area (Å²) in [6, 6.07) is 16.5. The summed E-state index contributed by atoms with van der Waals surface area (Å²) in [5.74, 6) is -1.00. The van der Waals surface area contributed by atoms with E-state index >= 15 is 0 Å². The average molecular weight is 312 g/mol. The quantitative estimate of drug-likeness (QED) is 0.721. The molecular weight excluding hydrogens is 292 g/mol. The molecule has 2 rings (SSSR count). The summed E-state index contributed by atoms with van der Waals surface area (Å²) >= 11 is 0. The van der Waals surface area contributed by atoms with Gasteiger partial charge in [0.05, 0.1) is 0 Å². The van der Waals surface area contributed by atoms with Crippen LogP contribution in [0.25, 0.3) is 0 Å². The van der Waals surface area contributed by atoms with Gasteiger partial charge in [-0.15, -0.1) is 0 Å². The summed E-state index contributed by atoms with van der Waals surface area (Å²) in [4.78, 5) is 23.3. The van der Waals surface area contributed by atoms with Crippen LogP contribution in [-0.2, 0) is 17.8 Å². The van der Waals surface area contributed by atoms with Crippen molar-refractivity contribution in [2.45, 2.75) is 25.5 Å². The Morgan fingerprint density at radius 3 is 2.39 bits per heavy atom. The van der Waals surface area contributed by atoms with Gasteiger partial charge in [0.1, 0.15) is 6.10 Å². The van der Waals surface area contributed by atoms with E-state index in [0.717, 1.165) is 5.56 Å². The first-order valence-electron chi connectivity index (χ1n) is 7.45. The molecule has 5 nitrogen and oxygen atoms in total. The summed E-state index contributed by atoms with van der Waals surface area (Å²) in [7, 11) is 0. The maximum atomic E-state index is 11.9. The third-order valence-electron chi connectivity index (χ3n) is 3.59. The van der Waals surface area contributed by atoms with Crippen molar-refractivity contribution in [3.05, 3.63) is 71.3 Å². The van der Waals surface area contributed by atoms with E-state index in [4.69, 9.17) is 5.73 Å². The van der Waals surface area contributed by atoms with Crippen LogP contribution in [0.3, 0.4) is 0 Å². The zero-order chi connectivity index (χ0) is 16.7. The number of aryl methyl sites for hydroxylation is 1. The second kappa shape index (κ2) is 8.10. The highest BCUT2D eigenvalue weighted by Gasteiger charge is 2.15. The van der Waals surface area contributed by atoms with Crippen LogP contribution in [0.5, 0.6) is 0 Å². The molecule has 4 N–H and O–H groups in total. The number of hydrogen-bond donors (Lipinski definition) is 3. The second-order valence-corrected chi connectivity index (χ2v) is 5.28. The minimum atomic E-state index is -1.09. The van der Waals surface area contributed by atoms with Crippen molar-refractivity contribution in [2.75, 3.05) is 0 Å². The van der Waals surface area contributed by atoms with Crippen LogP contribution in [0.1, 0.15) is 27.9 Å². The molecule has 0 aromatic heterocycles. The van der Waals surface area contributed by atoms with E-state index in [1.807, 2.05) is 30.3 Å². The summed E-state index contributed by atoms with van der Waals surface area (Å²) in [6.07, 6.45) is -0.128. The molecule has 0 saturated carbocycles. The molecule has 0 spiro atoms. The molecule has 2 amide bonds. The minimum Gasteiger partial charge on any atom is -0.383 e. The molecule has 2 aromatic rings. The highest BCUT2D eigenvalue weighted by molar-refractivity contribution is 5.94. The summed E-state index contributed by atoms with van der Waals surface area (Å²) in [5, 5.41) is 12.6. The number of carbonyl (C=O) groups is 2. The monoisotopic (exact) mass is 312 g/mol. The van der Waals surface area contributed by atoms with Gasteiger partial charge in [-0.05, 0) is 30.0 Å². The lowest BCUT2D eigenvalue weighted by molar-refractivity contribution is -0.129. The first-order chi connectivity index (χ1) is 11.1. The molecule has 0 radical (unpaired) electrons. The fraction of sp³-hybridized carbons (Fsp3) is 0.222. The van der Waals surface area contributed by atoms with Gasteiger partial charge < -0.3 is 16.2 Å². The number of aliphatic hydroxyl groups is 1. The average Bonchev–Trinajstić information content (AvgIpc) is 2.58. The smallest absolute Gasteiger partial charge is 0.249 e. The molecule has 0 saturated heterocycles. The topological polar surface area (TPSA) is 92.4 Å². The molecule has 0 heterocycles. The van der Waals surface area contributed by atoms with Gasteiger partial charge in [0.15, 0.2) is 0 Å². The zero-order valence-electron chi connectivity index (χ0n) is 12.7. The van der Waals surface area contributed by atoms with E-state index in [-0.39, 0.29) is 6.54 Å². The molecule has 1 atom stereocenters. The van der Waals surface area contributed by atoms with Crippen molar-refractivity contribution < 1.29 is 14.7 Å². The number of rotatable bonds is 7. The van der Waals surface area contributed by atoms with E-state index in [9.17, 15) is 14.7 Å². The van der Waals surface area contributed by atoms with Crippen LogP contribution >= 0.6 is 0 Å². The van der Waals surface area contributed by atoms with Crippen molar-refractivity contribution in [3.63, 3.8) is 0 Å². The van der Waals surface area contributed by atoms with Crippen molar-refractivity contribution >= 4 is 11.8 Å². The number of aliphatic hydroxyl groups excluding tert-OH is 1. The third kappa shape index (κ3) is 4.93. The molecule has 0 unspecified atom stereocenters. The van der Waals surface area contributed by atoms with Crippen LogP contribution in [-0.4, -0.2) is 23.0 Å². The van der Waals surface area contributed by atoms with Gasteiger partial charge in [0, 0.05) is 12.1 Å². The van der Waals surface area contributed by atoms with E-state index in [1.54, 1.807) is 24.3 Å². The van der Waals surface area contributed by atoms with E-state index in [2.05, 4.69) is 5.32 Å². The van der Waals surface area contributed by atoms with Gasteiger partial charge in [-0.3, -0.25) is 9.59 Å². The largest absolute Gasteiger partial charge is 0.383 e. The normalized spacial score (nSPS) is 11.7. The number of carbonyl (C=O) groups excluding carboxylic acids is 2. The Morgan fingerprint density at radius 2 is 1.70 bits per heavy atom. The molecule has 2 aromatic carbocycles. The summed E-state index contributed by atoms with van der Waals surface area (Å²) in [5.41, 5.74) is 7.36. The van der Waals surface area contributed by atoms with Gasteiger partial charge in [0.25, 0.3) is 0 Å². The summed E-state index contributed by atoms with van der Waals surface area (Å²) in [6.45, 7) is 0.153. The van der Waals surface area contributed by atoms with Gasteiger partial charge in [-0.1, -0.05) is 48.5 Å². The predicted octanol–water partition coefficient (Wildman–Crippen LogP) is 1.40. The maximum Gasteiger partial charge on any atom is 0.249 e. The molecule has 5 heteroatoms. The first-order valence-corrected chi connectivity index (χ1v) is 7.45. The number of nitrogens with one attached hydrogen (secondary N) is 1. The first kappa shape index (κ1) is 16.7. The van der Waals surface area contributed by atoms with Crippen LogP contribution in [0.15, 0.2) is 54.6 Å². The molecular formula is C18H20N2O3. The van der Waals surface area contributed by atoms with Crippen molar-refractivity contribution in [1.29, 1.82) is 0 Å². The minimum absolute atomic E-state index is 0.153. The molecule has 0 bridgehead atoms. The fourth-order valence-electron chi connectivity index (χ4n) is 2.29. The summed E-state index contributed by atoms with van der Waals surface area (Å²) < 4.78 is 0. The number of primary amides is 1. The van der Waals surface area contributed by atoms with Crippen LogP contribution in [0, 0.1) is 0 Å². The highest BCUT2D eigenvalue weighted by Crippen LogP contribution is 2.09. The van der Waals surface area contributed by atoms with Crippen LogP contribution in [0.4, 0.5) is 0 Å². The predicted molar refractivity (Wildman–Crippen MR) is 87.6 cm³/mol. The van der Waals surface area contributed by atoms with E-state index in [1.165, 1.54) is 0 Å². The molecule has 0 aliphatic carbocycles. The second-order valence-electron chi connectivity index (χ2n) is 5.28. The fourth-order valence-corrected chi connectivity index (χ4v) is 2.29. The Hall–Kier alpha value is -2.66. The Labute approximate surface area is 135 Å². The van der Waals surface area contributed by atoms with Crippen LogP contribution in [0.2, 0.25) is 0 Å². The van der Waals surface area contributed by atoms with Crippen LogP contribution < -0.4 is 11.1 Å². The van der Waals surface area contributed by atoms with Crippen molar-refractivity contribution in [2.24, 2.45) is 5.73 Å². The van der Waals surface area contributed by atoms with Gasteiger partial charge in [0.2, 0.25) is 11.8 Å². The number of amides is 2. The zero-order valence-corrected chi connectivity index (χ0v) is 12.7. The Bertz CT molecular complexity index is 671. The number of nitrogens with two attached hydrogens (primary N) is 1. The molecule has 120 valence electrons. The lowest BCUT2D eigenvalue weighted by Crippen LogP contribution is -2.35. The molecule has 0 aliphatic rings. The van der Waals surface area contributed by atoms with Crippen molar-refractivity contribution in [1.82, 2.24) is 5.32 Å². The lowest BCUT2D eigenvalue weighted by atomic mass is 10.1. The maximum absolute atomic E-state index is 11.9. The molecule has 0 aliphatic heterocycles. The standard InChI is InChI=1S/C18H20N2O3/c19-17(22)15-9-5-4-8-14(15)12-20-18(23)16(21)11-10-13-6-2-1-3-7-13/h1-9,16,21H,10-12H2,(H2,19,22)(H,20,23)/t16-/m0/s1. The number of hydrogen-bond acceptors (Lipinski definition) is 3. The third-order valence-corrected chi connectivity index (χ3v) is 3.59. The lowest BCUT2D eigenvalue weighted by Gasteiger charge is -2.12. The Morgan fingerprint density at radius 1 is 1.04 bits per heavy atom. The van der Waals surface area contributed by atoms with Gasteiger partial charge in [-0.2, -0.15) is 0 Å². The molecule has 23 heavy (non-hydrogen) atoms. The SMILES string of the molecule is NC(=O)c1ccccc1CNC(=O)[C@@H](O)CCc1ccccc1. The number of benzene rings is 2. The van der Waals surface area contributed by atoms with Gasteiger partial charge >= 0.3 is 0 Å². The van der Waals surface area contributed by atoms with E-state index in [0.29, 0.717) is 24.0 Å². The molecule has 0 fully saturated rings.